The molecule has 0 aliphatic carbocycles. The van der Waals surface area contributed by atoms with Gasteiger partial charge < -0.3 is 5.32 Å². The van der Waals surface area contributed by atoms with E-state index in [1.165, 1.54) is 0 Å². The molecule has 1 aliphatic rings. The van der Waals surface area contributed by atoms with Crippen molar-refractivity contribution >= 4 is 13.9 Å². The number of nitrogens with one attached hydrogen (secondary N) is 2. The molecule has 4 heteroatoms. The summed E-state index contributed by atoms with van der Waals surface area (Å²) in [4.78, 5) is 11.7. The lowest BCUT2D eigenvalue weighted by atomic mass is 10.2. The van der Waals surface area contributed by atoms with Crippen molar-refractivity contribution in [1.29, 1.82) is 0 Å². The van der Waals surface area contributed by atoms with Crippen LogP contribution < -0.4 is 10.6 Å². The summed E-state index contributed by atoms with van der Waals surface area (Å²) in [5, 5.41) is 6.15. The Morgan fingerprint density at radius 3 is 2.71 bits per heavy atom. The maximum absolute atomic E-state index is 11.7. The molecule has 3 nitrogen and oxygen atoms in total. The van der Waals surface area contributed by atoms with Gasteiger partial charge in [-0.2, -0.15) is 0 Å². The first kappa shape index (κ1) is 11.5. The topological polar surface area (TPSA) is 41.1 Å². The number of carbonyl (C=O) groups is 1. The van der Waals surface area contributed by atoms with Crippen LogP contribution in [-0.4, -0.2) is 26.6 Å². The van der Waals surface area contributed by atoms with Crippen LogP contribution in [0.2, 0.25) is 25.7 Å². The van der Waals surface area contributed by atoms with Gasteiger partial charge >= 0.3 is 0 Å². The molecule has 0 radical (unpaired) electrons. The molecule has 0 aromatic carbocycles. The molecule has 1 rings (SSSR count). The lowest BCUT2D eigenvalue weighted by Crippen LogP contribution is -2.48. The largest absolute Gasteiger partial charge is 0.370 e. The number of carbonyl (C=O) groups excluding carboxylic acids is 1. The molecule has 0 fully saturated rings. The summed E-state index contributed by atoms with van der Waals surface area (Å²) in [5.41, 5.74) is 0. The molecule has 14 heavy (non-hydrogen) atoms. The fourth-order valence-electron chi connectivity index (χ4n) is 1.32. The first-order valence-electron chi connectivity index (χ1n) is 5.16. The average Bonchev–Trinajstić information content (AvgIpc) is 2.14. The Kier molecular flexibility index (Phi) is 3.89. The molecule has 0 aromatic rings. The molecule has 1 atom stereocenters. The van der Waals surface area contributed by atoms with Crippen LogP contribution in [0.5, 0.6) is 0 Å². The highest BCUT2D eigenvalue weighted by Gasteiger charge is 2.20. The normalized spacial score (nSPS) is 21.8. The van der Waals surface area contributed by atoms with Gasteiger partial charge in [0.1, 0.15) is 6.17 Å². The Bertz CT molecular complexity index is 233. The van der Waals surface area contributed by atoms with Gasteiger partial charge in [0.15, 0.2) is 5.78 Å². The molecule has 0 aromatic heterocycles. The van der Waals surface area contributed by atoms with Gasteiger partial charge in [-0.25, -0.2) is 0 Å². The van der Waals surface area contributed by atoms with Crippen molar-refractivity contribution in [2.75, 3.05) is 6.54 Å². The molecule has 0 saturated heterocycles. The highest BCUT2D eigenvalue weighted by molar-refractivity contribution is 6.76. The van der Waals surface area contributed by atoms with E-state index in [4.69, 9.17) is 0 Å². The predicted molar refractivity (Wildman–Crippen MR) is 61.8 cm³/mol. The summed E-state index contributed by atoms with van der Waals surface area (Å²) in [5.74, 6) is 0.289. The zero-order chi connectivity index (χ0) is 10.6. The van der Waals surface area contributed by atoms with E-state index in [0.717, 1.165) is 12.6 Å². The molecule has 0 spiro atoms. The average molecular weight is 212 g/mol. The minimum absolute atomic E-state index is 0.156. The lowest BCUT2D eigenvalue weighted by Gasteiger charge is -2.22. The van der Waals surface area contributed by atoms with Crippen LogP contribution in [0.1, 0.15) is 6.42 Å². The Labute approximate surface area is 87.0 Å². The van der Waals surface area contributed by atoms with Crippen LogP contribution in [0.15, 0.2) is 12.3 Å². The van der Waals surface area contributed by atoms with E-state index >= 15 is 0 Å². The molecule has 0 saturated carbocycles. The summed E-state index contributed by atoms with van der Waals surface area (Å²) < 4.78 is 0. The summed E-state index contributed by atoms with van der Waals surface area (Å²) in [6, 6.07) is 1.08. The Morgan fingerprint density at radius 1 is 1.50 bits per heavy atom. The van der Waals surface area contributed by atoms with Gasteiger partial charge in [-0.15, -0.1) is 0 Å². The number of rotatable bonds is 4. The van der Waals surface area contributed by atoms with Crippen LogP contribution in [0.25, 0.3) is 0 Å². The predicted octanol–water partition coefficient (Wildman–Crippen LogP) is 1.32. The number of hydrogen-bond donors (Lipinski definition) is 2. The fourth-order valence-corrected chi connectivity index (χ4v) is 2.31. The van der Waals surface area contributed by atoms with Crippen LogP contribution in [0.4, 0.5) is 0 Å². The standard InChI is InChI=1S/C10H20N2OSi/c1-14(2,3)8-5-9(13)10-11-6-4-7-12-10/h4,6,10-12H,5,7-8H2,1-3H3. The Balaban J connectivity index is 2.31. The third kappa shape index (κ3) is 4.06. The van der Waals surface area contributed by atoms with E-state index < -0.39 is 8.07 Å². The van der Waals surface area contributed by atoms with Crippen LogP contribution in [-0.2, 0) is 4.79 Å². The molecular formula is C10H20N2OSi. The SMILES string of the molecule is C[Si](C)(C)CCC(=O)C1NC=CCN1. The third-order valence-corrected chi connectivity index (χ3v) is 4.01. The minimum Gasteiger partial charge on any atom is -0.370 e. The molecule has 80 valence electrons. The van der Waals surface area contributed by atoms with E-state index in [-0.39, 0.29) is 11.9 Å². The third-order valence-electron chi connectivity index (χ3n) is 2.26. The van der Waals surface area contributed by atoms with Crippen molar-refractivity contribution in [2.45, 2.75) is 38.3 Å². The van der Waals surface area contributed by atoms with Crippen molar-refractivity contribution in [1.82, 2.24) is 10.6 Å². The van der Waals surface area contributed by atoms with E-state index in [9.17, 15) is 4.79 Å². The fraction of sp³-hybridized carbons (Fsp3) is 0.700. The van der Waals surface area contributed by atoms with Crippen LogP contribution in [0, 0.1) is 0 Å². The summed E-state index contributed by atoms with van der Waals surface area (Å²) in [6.45, 7) is 7.67. The highest BCUT2D eigenvalue weighted by atomic mass is 28.3. The van der Waals surface area contributed by atoms with Crippen molar-refractivity contribution in [3.8, 4) is 0 Å². The van der Waals surface area contributed by atoms with Gasteiger partial charge in [-0.1, -0.05) is 31.8 Å². The number of Topliss-reactive ketones (excluding diaryl/α,β-unsaturated/α-hetero) is 1. The molecule has 0 amide bonds. The van der Waals surface area contributed by atoms with Gasteiger partial charge in [0.05, 0.1) is 0 Å². The van der Waals surface area contributed by atoms with E-state index in [1.54, 1.807) is 0 Å². The summed E-state index contributed by atoms with van der Waals surface area (Å²) in [7, 11) is -1.08. The molecule has 1 aliphatic heterocycles. The quantitative estimate of drug-likeness (QED) is 0.691. The molecular weight excluding hydrogens is 192 g/mol. The second-order valence-corrected chi connectivity index (χ2v) is 10.6. The number of hydrogen-bond acceptors (Lipinski definition) is 3. The first-order chi connectivity index (χ1) is 6.49. The second-order valence-electron chi connectivity index (χ2n) is 4.94. The maximum atomic E-state index is 11.7. The van der Waals surface area contributed by atoms with Gasteiger partial charge in [0.25, 0.3) is 0 Å². The Morgan fingerprint density at radius 2 is 2.21 bits per heavy atom. The van der Waals surface area contributed by atoms with Crippen molar-refractivity contribution in [3.05, 3.63) is 12.3 Å². The molecule has 1 unspecified atom stereocenters. The molecule has 0 bridgehead atoms. The highest BCUT2D eigenvalue weighted by Crippen LogP contribution is 2.12. The Hall–Kier alpha value is -0.613. The van der Waals surface area contributed by atoms with Gasteiger partial charge in [-0.05, 0) is 6.20 Å². The monoisotopic (exact) mass is 212 g/mol. The van der Waals surface area contributed by atoms with Crippen LogP contribution in [0.3, 0.4) is 0 Å². The molecule has 2 N–H and O–H groups in total. The lowest BCUT2D eigenvalue weighted by molar-refractivity contribution is -0.121. The smallest absolute Gasteiger partial charge is 0.169 e. The van der Waals surface area contributed by atoms with Gasteiger partial charge in [-0.3, -0.25) is 10.1 Å². The van der Waals surface area contributed by atoms with Crippen molar-refractivity contribution in [2.24, 2.45) is 0 Å². The minimum atomic E-state index is -1.08. The van der Waals surface area contributed by atoms with Crippen LogP contribution >= 0.6 is 0 Å². The van der Waals surface area contributed by atoms with E-state index in [2.05, 4.69) is 30.3 Å². The number of ketones is 1. The van der Waals surface area contributed by atoms with E-state index in [1.807, 2.05) is 12.3 Å². The van der Waals surface area contributed by atoms with Gasteiger partial charge in [0.2, 0.25) is 0 Å². The van der Waals surface area contributed by atoms with E-state index in [0.29, 0.717) is 6.42 Å². The first-order valence-corrected chi connectivity index (χ1v) is 8.87. The van der Waals surface area contributed by atoms with Gasteiger partial charge in [0, 0.05) is 21.0 Å². The summed E-state index contributed by atoms with van der Waals surface area (Å²) in [6.07, 6.45) is 4.38. The summed E-state index contributed by atoms with van der Waals surface area (Å²) >= 11 is 0. The molecule has 1 heterocycles. The second kappa shape index (κ2) is 4.75. The van der Waals surface area contributed by atoms with Crippen molar-refractivity contribution < 1.29 is 4.79 Å². The zero-order valence-electron chi connectivity index (χ0n) is 9.26. The zero-order valence-corrected chi connectivity index (χ0v) is 10.3. The van der Waals surface area contributed by atoms with Crippen molar-refractivity contribution in [3.63, 3.8) is 0 Å². The maximum Gasteiger partial charge on any atom is 0.169 e.